The van der Waals surface area contributed by atoms with Crippen molar-refractivity contribution in [1.29, 1.82) is 0 Å². The number of aliphatic hydroxyl groups excluding tert-OH is 1. The van der Waals surface area contributed by atoms with Crippen LogP contribution in [-0.4, -0.2) is 42.8 Å². The van der Waals surface area contributed by atoms with E-state index in [0.29, 0.717) is 0 Å². The molecule has 3 heteroatoms. The molecule has 0 aromatic heterocycles. The molecule has 0 amide bonds. The average Bonchev–Trinajstić information content (AvgIpc) is 1.85. The van der Waals surface area contributed by atoms with Crippen molar-refractivity contribution in [3.05, 3.63) is 0 Å². The molecular formula is C9H22N2O. The molecule has 3 nitrogen and oxygen atoms in total. The van der Waals surface area contributed by atoms with Gasteiger partial charge in [-0.3, -0.25) is 0 Å². The van der Waals surface area contributed by atoms with Gasteiger partial charge in [0.15, 0.2) is 0 Å². The van der Waals surface area contributed by atoms with Crippen molar-refractivity contribution in [3.8, 4) is 0 Å². The van der Waals surface area contributed by atoms with Crippen LogP contribution in [0.25, 0.3) is 0 Å². The van der Waals surface area contributed by atoms with E-state index in [9.17, 15) is 0 Å². The van der Waals surface area contributed by atoms with Crippen LogP contribution in [0.1, 0.15) is 20.8 Å². The number of likely N-dealkylation sites (N-methyl/N-ethyl adjacent to an activating group) is 1. The molecule has 0 aromatic rings. The zero-order valence-corrected chi connectivity index (χ0v) is 8.67. The first-order valence-electron chi connectivity index (χ1n) is 4.45. The van der Waals surface area contributed by atoms with Crippen molar-refractivity contribution in [3.63, 3.8) is 0 Å². The molecule has 3 N–H and O–H groups in total. The van der Waals surface area contributed by atoms with Crippen LogP contribution in [0.5, 0.6) is 0 Å². The summed E-state index contributed by atoms with van der Waals surface area (Å²) >= 11 is 0. The molecule has 0 saturated heterocycles. The summed E-state index contributed by atoms with van der Waals surface area (Å²) in [4.78, 5) is 2.10. The van der Waals surface area contributed by atoms with Crippen LogP contribution in [-0.2, 0) is 0 Å². The van der Waals surface area contributed by atoms with Gasteiger partial charge in [0.2, 0.25) is 0 Å². The Labute approximate surface area is 75.6 Å². The molecule has 12 heavy (non-hydrogen) atoms. The van der Waals surface area contributed by atoms with Crippen molar-refractivity contribution in [1.82, 2.24) is 4.90 Å². The van der Waals surface area contributed by atoms with Crippen molar-refractivity contribution in [2.45, 2.75) is 26.8 Å². The second-order valence-electron chi connectivity index (χ2n) is 4.24. The summed E-state index contributed by atoms with van der Waals surface area (Å²) in [6.07, 6.45) is 0. The number of nitrogens with two attached hydrogens (primary N) is 1. The van der Waals surface area contributed by atoms with E-state index in [0.717, 1.165) is 13.1 Å². The molecule has 1 atom stereocenters. The maximum absolute atomic E-state index is 8.70. The van der Waals surface area contributed by atoms with Crippen LogP contribution < -0.4 is 5.73 Å². The second kappa shape index (κ2) is 4.80. The van der Waals surface area contributed by atoms with Gasteiger partial charge in [0.25, 0.3) is 0 Å². The first kappa shape index (κ1) is 11.9. The predicted molar refractivity (Wildman–Crippen MR) is 52.0 cm³/mol. The van der Waals surface area contributed by atoms with E-state index in [4.69, 9.17) is 10.8 Å². The van der Waals surface area contributed by atoms with Gasteiger partial charge in [0.1, 0.15) is 0 Å². The molecule has 0 spiro atoms. The molecule has 0 aromatic carbocycles. The van der Waals surface area contributed by atoms with E-state index in [1.54, 1.807) is 0 Å². The van der Waals surface area contributed by atoms with Crippen molar-refractivity contribution in [2.24, 2.45) is 11.1 Å². The Morgan fingerprint density at radius 1 is 1.50 bits per heavy atom. The van der Waals surface area contributed by atoms with Crippen LogP contribution in [0.2, 0.25) is 0 Å². The lowest BCUT2D eigenvalue weighted by Gasteiger charge is -2.33. The Hall–Kier alpha value is -0.120. The smallest absolute Gasteiger partial charge is 0.0558 e. The first-order chi connectivity index (χ1) is 5.40. The molecule has 0 radical (unpaired) electrons. The van der Waals surface area contributed by atoms with E-state index in [-0.39, 0.29) is 18.1 Å². The van der Waals surface area contributed by atoms with Crippen LogP contribution in [0.15, 0.2) is 0 Å². The van der Waals surface area contributed by atoms with Crippen LogP contribution >= 0.6 is 0 Å². The van der Waals surface area contributed by atoms with E-state index in [1.165, 1.54) is 0 Å². The first-order valence-corrected chi connectivity index (χ1v) is 4.45. The zero-order chi connectivity index (χ0) is 9.78. The van der Waals surface area contributed by atoms with Crippen molar-refractivity contribution < 1.29 is 5.11 Å². The molecule has 0 fully saturated rings. The summed E-state index contributed by atoms with van der Waals surface area (Å²) < 4.78 is 0. The summed E-state index contributed by atoms with van der Waals surface area (Å²) in [6, 6.07) is 0.179. The fourth-order valence-corrected chi connectivity index (χ4v) is 1.09. The van der Waals surface area contributed by atoms with Crippen molar-refractivity contribution >= 4 is 0 Å². The minimum Gasteiger partial charge on any atom is -0.395 e. The fraction of sp³-hybridized carbons (Fsp3) is 1.00. The molecule has 0 heterocycles. The topological polar surface area (TPSA) is 49.5 Å². The molecule has 0 aliphatic carbocycles. The van der Waals surface area contributed by atoms with Gasteiger partial charge < -0.3 is 15.7 Å². The van der Waals surface area contributed by atoms with E-state index >= 15 is 0 Å². The molecule has 0 saturated carbocycles. The number of nitrogens with zero attached hydrogens (tertiary/aromatic N) is 1. The second-order valence-corrected chi connectivity index (χ2v) is 4.24. The lowest BCUT2D eigenvalue weighted by molar-refractivity contribution is 0.154. The Morgan fingerprint density at radius 3 is 2.33 bits per heavy atom. The van der Waals surface area contributed by atoms with E-state index in [2.05, 4.69) is 18.7 Å². The highest BCUT2D eigenvalue weighted by atomic mass is 16.3. The maximum atomic E-state index is 8.70. The third-order valence-electron chi connectivity index (χ3n) is 2.39. The summed E-state index contributed by atoms with van der Waals surface area (Å²) in [5, 5.41) is 8.70. The van der Waals surface area contributed by atoms with Gasteiger partial charge in [0.05, 0.1) is 6.61 Å². The highest BCUT2D eigenvalue weighted by molar-refractivity contribution is 4.80. The summed E-state index contributed by atoms with van der Waals surface area (Å²) in [6.45, 7) is 8.16. The lowest BCUT2D eigenvalue weighted by atomic mass is 9.85. The zero-order valence-electron chi connectivity index (χ0n) is 8.67. The van der Waals surface area contributed by atoms with Gasteiger partial charge in [-0.25, -0.2) is 0 Å². The van der Waals surface area contributed by atoms with Gasteiger partial charge >= 0.3 is 0 Å². The Bertz CT molecular complexity index is 124. The summed E-state index contributed by atoms with van der Waals surface area (Å²) in [7, 11) is 2.00. The summed E-state index contributed by atoms with van der Waals surface area (Å²) in [5.74, 6) is 0. The lowest BCUT2D eigenvalue weighted by Crippen LogP contribution is -2.43. The quantitative estimate of drug-likeness (QED) is 0.629. The minimum atomic E-state index is 0.115. The highest BCUT2D eigenvalue weighted by Crippen LogP contribution is 2.19. The van der Waals surface area contributed by atoms with Gasteiger partial charge in [-0.1, -0.05) is 13.8 Å². The Balaban J connectivity index is 3.88. The highest BCUT2D eigenvalue weighted by Gasteiger charge is 2.24. The van der Waals surface area contributed by atoms with Crippen LogP contribution in [0.4, 0.5) is 0 Å². The predicted octanol–water partition coefficient (Wildman–Crippen LogP) is 0.284. The molecule has 1 unspecified atom stereocenters. The SMILES string of the molecule is CC(N)C(C)(C)CN(C)CCO. The largest absolute Gasteiger partial charge is 0.395 e. The number of aliphatic hydroxyl groups is 1. The number of rotatable bonds is 5. The Kier molecular flexibility index (Phi) is 4.75. The summed E-state index contributed by atoms with van der Waals surface area (Å²) in [5.41, 5.74) is 5.94. The number of hydrogen-bond acceptors (Lipinski definition) is 3. The van der Waals surface area contributed by atoms with E-state index < -0.39 is 0 Å². The van der Waals surface area contributed by atoms with Crippen LogP contribution in [0.3, 0.4) is 0 Å². The molecule has 0 bridgehead atoms. The number of hydrogen-bond donors (Lipinski definition) is 2. The van der Waals surface area contributed by atoms with Gasteiger partial charge in [-0.05, 0) is 19.4 Å². The van der Waals surface area contributed by atoms with Crippen molar-refractivity contribution in [2.75, 3.05) is 26.7 Å². The molecule has 0 rings (SSSR count). The standard InChI is InChI=1S/C9H22N2O/c1-8(10)9(2,3)7-11(4)5-6-12/h8,12H,5-7,10H2,1-4H3. The third kappa shape index (κ3) is 4.04. The van der Waals surface area contributed by atoms with Gasteiger partial charge in [-0.15, -0.1) is 0 Å². The van der Waals surface area contributed by atoms with Gasteiger partial charge in [-0.2, -0.15) is 0 Å². The normalized spacial score (nSPS) is 15.2. The molecule has 0 aliphatic rings. The monoisotopic (exact) mass is 174 g/mol. The fourth-order valence-electron chi connectivity index (χ4n) is 1.09. The third-order valence-corrected chi connectivity index (χ3v) is 2.39. The average molecular weight is 174 g/mol. The van der Waals surface area contributed by atoms with Gasteiger partial charge in [0, 0.05) is 19.1 Å². The molecule has 0 aliphatic heterocycles. The van der Waals surface area contributed by atoms with Crippen LogP contribution in [0, 0.1) is 5.41 Å². The maximum Gasteiger partial charge on any atom is 0.0558 e. The molecular weight excluding hydrogens is 152 g/mol. The minimum absolute atomic E-state index is 0.115. The Morgan fingerprint density at radius 2 is 2.00 bits per heavy atom. The van der Waals surface area contributed by atoms with E-state index in [1.807, 2.05) is 14.0 Å². The molecule has 74 valence electrons.